The Morgan fingerprint density at radius 1 is 1.38 bits per heavy atom. The molecule has 0 aliphatic heterocycles. The fourth-order valence-corrected chi connectivity index (χ4v) is 4.93. The molecule has 0 bridgehead atoms. The highest BCUT2D eigenvalue weighted by Gasteiger charge is 2.23. The zero-order valence-corrected chi connectivity index (χ0v) is 14.6. The van der Waals surface area contributed by atoms with Crippen LogP contribution in [0.25, 0.3) is 0 Å². The Labute approximate surface area is 134 Å². The summed E-state index contributed by atoms with van der Waals surface area (Å²) in [4.78, 5) is 1.39. The number of hydrogen-bond donors (Lipinski definition) is 1. The number of hydrogen-bond acceptors (Lipinski definition) is 3. The SMILES string of the molecule is CCNC(C)c1c(OC)cccc1SC1CCCC(C)C1. The molecule has 0 aromatic heterocycles. The largest absolute Gasteiger partial charge is 0.496 e. The van der Waals surface area contributed by atoms with Crippen molar-refractivity contribution in [3.05, 3.63) is 23.8 Å². The van der Waals surface area contributed by atoms with Crippen molar-refractivity contribution in [3.8, 4) is 5.75 Å². The molecule has 1 aliphatic rings. The van der Waals surface area contributed by atoms with Crippen molar-refractivity contribution in [2.75, 3.05) is 13.7 Å². The van der Waals surface area contributed by atoms with Crippen molar-refractivity contribution < 1.29 is 4.74 Å². The molecule has 1 saturated carbocycles. The zero-order valence-electron chi connectivity index (χ0n) is 13.8. The van der Waals surface area contributed by atoms with Gasteiger partial charge in [0.15, 0.2) is 0 Å². The minimum atomic E-state index is 0.328. The van der Waals surface area contributed by atoms with Gasteiger partial charge >= 0.3 is 0 Å². The Kier molecular flexibility index (Phi) is 6.43. The molecular formula is C18H29NOS. The van der Waals surface area contributed by atoms with Gasteiger partial charge in [-0.15, -0.1) is 11.8 Å². The van der Waals surface area contributed by atoms with E-state index in [-0.39, 0.29) is 0 Å². The van der Waals surface area contributed by atoms with Crippen LogP contribution in [-0.4, -0.2) is 18.9 Å². The molecule has 3 atom stereocenters. The lowest BCUT2D eigenvalue weighted by Gasteiger charge is -2.28. The van der Waals surface area contributed by atoms with E-state index in [2.05, 4.69) is 56.0 Å². The van der Waals surface area contributed by atoms with Crippen LogP contribution in [-0.2, 0) is 0 Å². The summed E-state index contributed by atoms with van der Waals surface area (Å²) in [5.41, 5.74) is 1.32. The van der Waals surface area contributed by atoms with Crippen LogP contribution >= 0.6 is 11.8 Å². The van der Waals surface area contributed by atoms with E-state index in [1.807, 2.05) is 0 Å². The second kappa shape index (κ2) is 8.09. The first-order valence-electron chi connectivity index (χ1n) is 8.22. The smallest absolute Gasteiger partial charge is 0.124 e. The lowest BCUT2D eigenvalue weighted by atomic mass is 9.91. The fraction of sp³-hybridized carbons (Fsp3) is 0.667. The molecule has 3 heteroatoms. The van der Waals surface area contributed by atoms with Crippen LogP contribution in [0.15, 0.2) is 23.1 Å². The van der Waals surface area contributed by atoms with Crippen LogP contribution < -0.4 is 10.1 Å². The molecule has 0 spiro atoms. The second-order valence-corrected chi connectivity index (χ2v) is 7.51. The van der Waals surface area contributed by atoms with Crippen LogP contribution in [0.3, 0.4) is 0 Å². The van der Waals surface area contributed by atoms with Crippen LogP contribution in [0.1, 0.15) is 58.1 Å². The normalized spacial score (nSPS) is 23.8. The van der Waals surface area contributed by atoms with Crippen LogP contribution in [0.2, 0.25) is 0 Å². The van der Waals surface area contributed by atoms with Crippen molar-refractivity contribution in [3.63, 3.8) is 0 Å². The van der Waals surface area contributed by atoms with Gasteiger partial charge in [-0.2, -0.15) is 0 Å². The first kappa shape index (κ1) is 16.7. The van der Waals surface area contributed by atoms with E-state index >= 15 is 0 Å². The summed E-state index contributed by atoms with van der Waals surface area (Å²) in [5.74, 6) is 1.88. The molecule has 118 valence electrons. The predicted octanol–water partition coefficient (Wildman–Crippen LogP) is 5.04. The standard InChI is InChI=1S/C18H29NOS/c1-5-19-14(3)18-16(20-4)10-7-11-17(18)21-15-9-6-8-13(2)12-15/h7,10-11,13-15,19H,5-6,8-9,12H2,1-4H3. The molecule has 0 saturated heterocycles. The molecule has 3 unspecified atom stereocenters. The van der Waals surface area contributed by atoms with Gasteiger partial charge in [0.25, 0.3) is 0 Å². The van der Waals surface area contributed by atoms with E-state index in [4.69, 9.17) is 4.74 Å². The summed E-state index contributed by atoms with van der Waals surface area (Å²) in [6.45, 7) is 7.75. The van der Waals surface area contributed by atoms with Crippen molar-refractivity contribution in [1.29, 1.82) is 0 Å². The summed E-state index contributed by atoms with van der Waals surface area (Å²) in [7, 11) is 1.77. The molecule has 21 heavy (non-hydrogen) atoms. The number of methoxy groups -OCH3 is 1. The van der Waals surface area contributed by atoms with E-state index < -0.39 is 0 Å². The highest BCUT2D eigenvalue weighted by atomic mass is 32.2. The molecule has 2 rings (SSSR count). The quantitative estimate of drug-likeness (QED) is 0.796. The molecule has 0 amide bonds. The Bertz CT molecular complexity index is 449. The van der Waals surface area contributed by atoms with Gasteiger partial charge in [0, 0.05) is 21.8 Å². The summed E-state index contributed by atoms with van der Waals surface area (Å²) < 4.78 is 5.61. The van der Waals surface area contributed by atoms with Gasteiger partial charge in [0.1, 0.15) is 5.75 Å². The summed E-state index contributed by atoms with van der Waals surface area (Å²) in [6.07, 6.45) is 5.47. The van der Waals surface area contributed by atoms with Gasteiger partial charge in [0.05, 0.1) is 7.11 Å². The van der Waals surface area contributed by atoms with Crippen molar-refractivity contribution in [1.82, 2.24) is 5.32 Å². The average Bonchev–Trinajstić information content (AvgIpc) is 2.47. The third-order valence-corrected chi connectivity index (χ3v) is 5.74. The first-order chi connectivity index (χ1) is 10.2. The van der Waals surface area contributed by atoms with E-state index in [0.717, 1.165) is 23.5 Å². The summed E-state index contributed by atoms with van der Waals surface area (Å²) in [5, 5.41) is 4.29. The molecular weight excluding hydrogens is 278 g/mol. The fourth-order valence-electron chi connectivity index (χ4n) is 3.30. The number of nitrogens with one attached hydrogen (secondary N) is 1. The van der Waals surface area contributed by atoms with E-state index in [1.165, 1.54) is 36.1 Å². The van der Waals surface area contributed by atoms with Gasteiger partial charge in [0.2, 0.25) is 0 Å². The van der Waals surface area contributed by atoms with Gasteiger partial charge in [-0.25, -0.2) is 0 Å². The number of thioether (sulfide) groups is 1. The van der Waals surface area contributed by atoms with E-state index in [1.54, 1.807) is 7.11 Å². The first-order valence-corrected chi connectivity index (χ1v) is 9.10. The topological polar surface area (TPSA) is 21.3 Å². The molecule has 2 nitrogen and oxygen atoms in total. The third kappa shape index (κ3) is 4.40. The Hall–Kier alpha value is -0.670. The van der Waals surface area contributed by atoms with Gasteiger partial charge in [-0.05, 0) is 44.4 Å². The van der Waals surface area contributed by atoms with E-state index in [9.17, 15) is 0 Å². The van der Waals surface area contributed by atoms with E-state index in [0.29, 0.717) is 6.04 Å². The Balaban J connectivity index is 2.21. The molecule has 0 radical (unpaired) electrons. The lowest BCUT2D eigenvalue weighted by molar-refractivity contribution is 0.393. The van der Waals surface area contributed by atoms with Gasteiger partial charge < -0.3 is 10.1 Å². The molecule has 1 aromatic carbocycles. The molecule has 1 aromatic rings. The monoisotopic (exact) mass is 307 g/mol. The maximum atomic E-state index is 5.61. The number of rotatable bonds is 6. The van der Waals surface area contributed by atoms with Crippen LogP contribution in [0.4, 0.5) is 0 Å². The summed E-state index contributed by atoms with van der Waals surface area (Å²) >= 11 is 2.06. The zero-order chi connectivity index (χ0) is 15.2. The number of benzene rings is 1. The van der Waals surface area contributed by atoms with Gasteiger partial charge in [-0.1, -0.05) is 32.8 Å². The molecule has 0 heterocycles. The maximum absolute atomic E-state index is 5.61. The van der Waals surface area contributed by atoms with Crippen LogP contribution in [0.5, 0.6) is 5.75 Å². The molecule has 1 N–H and O–H groups in total. The molecule has 1 fully saturated rings. The van der Waals surface area contributed by atoms with Crippen molar-refractivity contribution >= 4 is 11.8 Å². The van der Waals surface area contributed by atoms with Crippen molar-refractivity contribution in [2.24, 2.45) is 5.92 Å². The van der Waals surface area contributed by atoms with Crippen molar-refractivity contribution in [2.45, 2.75) is 62.6 Å². The second-order valence-electron chi connectivity index (χ2n) is 6.16. The maximum Gasteiger partial charge on any atom is 0.124 e. The molecule has 1 aliphatic carbocycles. The highest BCUT2D eigenvalue weighted by Crippen LogP contribution is 2.41. The average molecular weight is 308 g/mol. The lowest BCUT2D eigenvalue weighted by Crippen LogP contribution is -2.20. The Morgan fingerprint density at radius 3 is 2.86 bits per heavy atom. The van der Waals surface area contributed by atoms with Gasteiger partial charge in [-0.3, -0.25) is 0 Å². The Morgan fingerprint density at radius 2 is 2.19 bits per heavy atom. The minimum Gasteiger partial charge on any atom is -0.496 e. The number of ether oxygens (including phenoxy) is 1. The highest BCUT2D eigenvalue weighted by molar-refractivity contribution is 8.00. The third-order valence-electron chi connectivity index (χ3n) is 4.37. The van der Waals surface area contributed by atoms with Crippen LogP contribution in [0, 0.1) is 5.92 Å². The summed E-state index contributed by atoms with van der Waals surface area (Å²) in [6, 6.07) is 6.79. The predicted molar refractivity (Wildman–Crippen MR) is 92.4 cm³/mol. The minimum absolute atomic E-state index is 0.328.